The van der Waals surface area contributed by atoms with Gasteiger partial charge in [-0.15, -0.1) is 0 Å². The number of hydrogen-bond acceptors (Lipinski definition) is 0. The van der Waals surface area contributed by atoms with Gasteiger partial charge in [0.2, 0.25) is 0 Å². The van der Waals surface area contributed by atoms with Gasteiger partial charge in [-0.1, -0.05) is 108 Å². The molecule has 6 aromatic rings. The van der Waals surface area contributed by atoms with Gasteiger partial charge in [0, 0.05) is 41.6 Å². The molecule has 0 aliphatic carbocycles. The van der Waals surface area contributed by atoms with E-state index in [4.69, 9.17) is 46.4 Å². The Morgan fingerprint density at radius 2 is 0.657 bits per heavy atom. The summed E-state index contributed by atoms with van der Waals surface area (Å²) in [5.74, 6) is 0. The molecule has 0 spiro atoms. The summed E-state index contributed by atoms with van der Waals surface area (Å²) in [4.78, 5) is 0. The normalized spacial score (nSPS) is 12.3. The van der Waals surface area contributed by atoms with Crippen LogP contribution in [0.4, 0.5) is 0 Å². The summed E-state index contributed by atoms with van der Waals surface area (Å²) in [6, 6.07) is 28.9. The summed E-state index contributed by atoms with van der Waals surface area (Å²) in [6.07, 6.45) is 0. The van der Waals surface area contributed by atoms with Crippen LogP contribution >= 0.6 is 46.4 Å². The van der Waals surface area contributed by atoms with Crippen LogP contribution in [0, 0.1) is 0 Å². The number of rotatable bonds is 2. The summed E-state index contributed by atoms with van der Waals surface area (Å²) in [7, 11) is -2.44. The Hall–Kier alpha value is -2.26. The summed E-state index contributed by atoms with van der Waals surface area (Å²) < 4.78 is 0. The van der Waals surface area contributed by atoms with Crippen LogP contribution in [0.25, 0.3) is 43.1 Å². The molecule has 0 aromatic heterocycles. The van der Waals surface area contributed by atoms with E-state index >= 15 is 0 Å². The van der Waals surface area contributed by atoms with Gasteiger partial charge in [0.25, 0.3) is 0 Å². The van der Waals surface area contributed by atoms with E-state index in [9.17, 15) is 0 Å². The number of benzene rings is 6. The summed E-state index contributed by atoms with van der Waals surface area (Å²) in [5, 5.41) is 14.3. The van der Waals surface area contributed by atoms with E-state index in [1.165, 1.54) is 10.4 Å². The molecule has 0 aliphatic rings. The van der Waals surface area contributed by atoms with Crippen molar-refractivity contribution in [1.29, 1.82) is 0 Å². The Morgan fingerprint density at radius 1 is 0.400 bits per heavy atom. The second-order valence-corrected chi connectivity index (χ2v) is 15.3. The average Bonchev–Trinajstić information content (AvgIpc) is 2.83. The number of halogens is 4. The fourth-order valence-corrected chi connectivity index (χ4v) is 10.4. The van der Waals surface area contributed by atoms with Gasteiger partial charge in [0.1, 0.15) is 8.07 Å². The predicted molar refractivity (Wildman–Crippen MR) is 160 cm³/mol. The fourth-order valence-electron chi connectivity index (χ4n) is 5.66. The van der Waals surface area contributed by atoms with Gasteiger partial charge in [-0.3, -0.25) is 0 Å². The van der Waals surface area contributed by atoms with E-state index in [0.717, 1.165) is 63.2 Å². The molecule has 0 saturated carbocycles. The Labute approximate surface area is 225 Å². The van der Waals surface area contributed by atoms with Gasteiger partial charge >= 0.3 is 0 Å². The first-order valence-corrected chi connectivity index (χ1v) is 15.9. The van der Waals surface area contributed by atoms with Crippen LogP contribution in [0.1, 0.15) is 0 Å². The maximum absolute atomic E-state index is 6.75. The molecule has 0 bridgehead atoms. The maximum atomic E-state index is 6.75. The van der Waals surface area contributed by atoms with Crippen molar-refractivity contribution in [3.8, 4) is 0 Å². The molecule has 0 unspecified atom stereocenters. The standard InChI is InChI=1S/C30H20Cl4Si/c1-35(2,29-17-7-3-11-25(31)21(17)15-22-18(29)8-4-12-26(22)32)30-19-9-5-13-27(33)23(19)16-24-20(30)10-6-14-28(24)34/h3-16H,1-2H3. The van der Waals surface area contributed by atoms with Crippen LogP contribution in [0.2, 0.25) is 33.2 Å². The molecule has 172 valence electrons. The Kier molecular flexibility index (Phi) is 5.56. The predicted octanol–water partition coefficient (Wildman–Crippen LogP) is 9.74. The first-order chi connectivity index (χ1) is 16.8. The van der Waals surface area contributed by atoms with Gasteiger partial charge in [-0.25, -0.2) is 0 Å². The highest BCUT2D eigenvalue weighted by Gasteiger charge is 2.34. The Bertz CT molecular complexity index is 1570. The molecule has 0 amide bonds. The minimum absolute atomic E-state index is 0.726. The van der Waals surface area contributed by atoms with Crippen LogP contribution in [-0.2, 0) is 0 Å². The maximum Gasteiger partial charge on any atom is 0.115 e. The molecule has 0 radical (unpaired) electrons. The molecule has 5 heteroatoms. The first kappa shape index (κ1) is 23.2. The van der Waals surface area contributed by atoms with Crippen molar-refractivity contribution in [3.63, 3.8) is 0 Å². The highest BCUT2D eigenvalue weighted by molar-refractivity contribution is 7.05. The number of hydrogen-bond donors (Lipinski definition) is 0. The molecule has 0 heterocycles. The van der Waals surface area contributed by atoms with Crippen LogP contribution in [0.3, 0.4) is 0 Å². The quantitative estimate of drug-likeness (QED) is 0.149. The molecule has 6 rings (SSSR count). The summed E-state index contributed by atoms with van der Waals surface area (Å²) in [5.41, 5.74) is 0. The zero-order valence-corrected chi connectivity index (χ0v) is 23.1. The van der Waals surface area contributed by atoms with Crippen molar-refractivity contribution in [3.05, 3.63) is 105 Å². The highest BCUT2D eigenvalue weighted by atomic mass is 35.5. The van der Waals surface area contributed by atoms with Crippen LogP contribution in [0.5, 0.6) is 0 Å². The van der Waals surface area contributed by atoms with Crippen molar-refractivity contribution in [1.82, 2.24) is 0 Å². The lowest BCUT2D eigenvalue weighted by atomic mass is 10.0. The molecule has 0 saturated heterocycles. The molecular weight excluding hydrogens is 530 g/mol. The van der Waals surface area contributed by atoms with E-state index in [-0.39, 0.29) is 0 Å². The summed E-state index contributed by atoms with van der Waals surface area (Å²) >= 11 is 27.0. The largest absolute Gasteiger partial charge is 0.115 e. The lowest BCUT2D eigenvalue weighted by Gasteiger charge is -2.30. The smallest absolute Gasteiger partial charge is 0.0837 e. The highest BCUT2D eigenvalue weighted by Crippen LogP contribution is 2.36. The minimum atomic E-state index is -2.44. The molecule has 0 fully saturated rings. The van der Waals surface area contributed by atoms with Gasteiger partial charge in [0.05, 0.1) is 0 Å². The molecule has 6 aromatic carbocycles. The van der Waals surface area contributed by atoms with E-state index in [1.54, 1.807) is 0 Å². The third kappa shape index (κ3) is 3.49. The lowest BCUT2D eigenvalue weighted by Crippen LogP contribution is -2.54. The van der Waals surface area contributed by atoms with E-state index in [1.807, 2.05) is 48.5 Å². The second-order valence-electron chi connectivity index (χ2n) is 9.47. The Balaban J connectivity index is 1.87. The third-order valence-electron chi connectivity index (χ3n) is 7.12. The van der Waals surface area contributed by atoms with Crippen molar-refractivity contribution in [2.75, 3.05) is 0 Å². The van der Waals surface area contributed by atoms with E-state index in [0.29, 0.717) is 0 Å². The monoisotopic (exact) mass is 548 g/mol. The van der Waals surface area contributed by atoms with Crippen molar-refractivity contribution >= 4 is 108 Å². The fraction of sp³-hybridized carbons (Fsp3) is 0.0667. The molecule has 0 atom stereocenters. The van der Waals surface area contributed by atoms with Crippen molar-refractivity contribution in [2.24, 2.45) is 0 Å². The van der Waals surface area contributed by atoms with E-state index in [2.05, 4.69) is 49.5 Å². The zero-order chi connectivity index (χ0) is 24.5. The van der Waals surface area contributed by atoms with Gasteiger partial charge < -0.3 is 0 Å². The van der Waals surface area contributed by atoms with Gasteiger partial charge in [-0.2, -0.15) is 0 Å². The second kappa shape index (κ2) is 8.40. The molecule has 0 N–H and O–H groups in total. The first-order valence-electron chi connectivity index (χ1n) is 11.4. The third-order valence-corrected chi connectivity index (χ3v) is 12.0. The topological polar surface area (TPSA) is 0 Å². The van der Waals surface area contributed by atoms with Gasteiger partial charge in [-0.05, 0) is 68.3 Å². The van der Waals surface area contributed by atoms with Crippen LogP contribution in [-0.4, -0.2) is 8.07 Å². The lowest BCUT2D eigenvalue weighted by molar-refractivity contribution is 1.73. The average molecular weight is 550 g/mol. The molecule has 35 heavy (non-hydrogen) atoms. The molecule has 0 nitrogen and oxygen atoms in total. The minimum Gasteiger partial charge on any atom is -0.0837 e. The summed E-state index contributed by atoms with van der Waals surface area (Å²) in [6.45, 7) is 4.80. The van der Waals surface area contributed by atoms with Crippen LogP contribution in [0.15, 0.2) is 84.9 Å². The van der Waals surface area contributed by atoms with Crippen molar-refractivity contribution < 1.29 is 0 Å². The number of fused-ring (bicyclic) bond motifs is 4. The zero-order valence-electron chi connectivity index (χ0n) is 19.1. The van der Waals surface area contributed by atoms with Crippen molar-refractivity contribution in [2.45, 2.75) is 13.1 Å². The van der Waals surface area contributed by atoms with E-state index < -0.39 is 8.07 Å². The van der Waals surface area contributed by atoms with Crippen LogP contribution < -0.4 is 10.4 Å². The SMILES string of the molecule is C[Si](C)(c1c2cccc(Cl)c2cc2c(Cl)cccc12)c1c2cccc(Cl)c2cc2c(Cl)cccc12. The Morgan fingerprint density at radius 3 is 0.914 bits per heavy atom. The molecule has 0 aliphatic heterocycles. The van der Waals surface area contributed by atoms with Gasteiger partial charge in [0.15, 0.2) is 0 Å². The molecular formula is C30H20Cl4Si.